The predicted molar refractivity (Wildman–Crippen MR) is 74.9 cm³/mol. The van der Waals surface area contributed by atoms with Crippen molar-refractivity contribution in [3.63, 3.8) is 0 Å². The molecule has 0 bridgehead atoms. The predicted octanol–water partition coefficient (Wildman–Crippen LogP) is 3.19. The zero-order valence-corrected chi connectivity index (χ0v) is 10.1. The molecule has 0 saturated carbocycles. The molecule has 90 valence electrons. The fourth-order valence-corrected chi connectivity index (χ4v) is 1.83. The molecule has 3 rings (SSSR count). The Bertz CT molecular complexity index is 834. The van der Waals surface area contributed by atoms with E-state index in [1.54, 1.807) is 12.1 Å². The Hall–Kier alpha value is -2.79. The van der Waals surface area contributed by atoms with E-state index in [0.717, 1.165) is 5.56 Å². The van der Waals surface area contributed by atoms with Gasteiger partial charge in [-0.1, -0.05) is 42.2 Å². The van der Waals surface area contributed by atoms with Crippen LogP contribution in [0.3, 0.4) is 0 Å². The minimum absolute atomic E-state index is 0.0923. The monoisotopic (exact) mass is 246 g/mol. The van der Waals surface area contributed by atoms with Gasteiger partial charge in [-0.15, -0.1) is 0 Å². The molecule has 0 amide bonds. The molecule has 0 radical (unpaired) electrons. The van der Waals surface area contributed by atoms with Crippen LogP contribution < -0.4 is 5.43 Å². The highest BCUT2D eigenvalue weighted by molar-refractivity contribution is 5.77. The van der Waals surface area contributed by atoms with Gasteiger partial charge in [-0.05, 0) is 24.3 Å². The Labute approximate surface area is 110 Å². The second-order valence-corrected chi connectivity index (χ2v) is 4.09. The van der Waals surface area contributed by atoms with Gasteiger partial charge in [-0.2, -0.15) is 0 Å². The maximum atomic E-state index is 12.2. The highest BCUT2D eigenvalue weighted by atomic mass is 16.3. The van der Waals surface area contributed by atoms with Gasteiger partial charge in [0.15, 0.2) is 0 Å². The standard InChI is InChI=1S/C17H10O2/c18-17-14(11-10-13-6-2-1-3-7-13)12-19-16-9-5-4-8-15(16)17/h1-9,12H. The fraction of sp³-hybridized carbons (Fsp3) is 0. The van der Waals surface area contributed by atoms with E-state index < -0.39 is 0 Å². The van der Waals surface area contributed by atoms with Crippen LogP contribution in [-0.4, -0.2) is 0 Å². The van der Waals surface area contributed by atoms with Gasteiger partial charge in [0.2, 0.25) is 5.43 Å². The summed E-state index contributed by atoms with van der Waals surface area (Å²) in [5.41, 5.74) is 1.74. The smallest absolute Gasteiger partial charge is 0.208 e. The van der Waals surface area contributed by atoms with E-state index in [4.69, 9.17) is 4.42 Å². The van der Waals surface area contributed by atoms with Crippen molar-refractivity contribution >= 4 is 11.0 Å². The minimum atomic E-state index is -0.0923. The lowest BCUT2D eigenvalue weighted by Crippen LogP contribution is -2.05. The van der Waals surface area contributed by atoms with Crippen molar-refractivity contribution in [3.8, 4) is 11.8 Å². The molecule has 1 heterocycles. The molecule has 0 unspecified atom stereocenters. The quantitative estimate of drug-likeness (QED) is 0.570. The van der Waals surface area contributed by atoms with Crippen molar-refractivity contribution in [3.05, 3.63) is 82.2 Å². The van der Waals surface area contributed by atoms with Gasteiger partial charge in [-0.3, -0.25) is 4.79 Å². The maximum Gasteiger partial charge on any atom is 0.208 e. The molecule has 0 aliphatic heterocycles. The number of fused-ring (bicyclic) bond motifs is 1. The SMILES string of the molecule is O=c1c(C#Cc2ccccc2)coc2ccccc12. The van der Waals surface area contributed by atoms with Crippen LogP contribution in [0.4, 0.5) is 0 Å². The third-order valence-electron chi connectivity index (χ3n) is 2.80. The summed E-state index contributed by atoms with van der Waals surface area (Å²) in [6, 6.07) is 16.7. The highest BCUT2D eigenvalue weighted by Crippen LogP contribution is 2.09. The number of para-hydroxylation sites is 1. The van der Waals surface area contributed by atoms with Gasteiger partial charge in [-0.25, -0.2) is 0 Å². The van der Waals surface area contributed by atoms with Crippen LogP contribution in [0.15, 0.2) is 70.1 Å². The van der Waals surface area contributed by atoms with Crippen LogP contribution in [0.5, 0.6) is 0 Å². The van der Waals surface area contributed by atoms with E-state index in [2.05, 4.69) is 11.8 Å². The van der Waals surface area contributed by atoms with Crippen molar-refractivity contribution in [2.45, 2.75) is 0 Å². The Morgan fingerprint density at radius 2 is 1.58 bits per heavy atom. The van der Waals surface area contributed by atoms with E-state index in [-0.39, 0.29) is 5.43 Å². The van der Waals surface area contributed by atoms with E-state index in [0.29, 0.717) is 16.5 Å². The van der Waals surface area contributed by atoms with E-state index >= 15 is 0 Å². The molecule has 3 aromatic rings. The molecular weight excluding hydrogens is 236 g/mol. The van der Waals surface area contributed by atoms with Gasteiger partial charge < -0.3 is 4.42 Å². The zero-order chi connectivity index (χ0) is 13.1. The van der Waals surface area contributed by atoms with Crippen LogP contribution in [-0.2, 0) is 0 Å². The third kappa shape index (κ3) is 2.27. The van der Waals surface area contributed by atoms with E-state index in [1.807, 2.05) is 42.5 Å². The third-order valence-corrected chi connectivity index (χ3v) is 2.80. The second kappa shape index (κ2) is 4.83. The first-order valence-corrected chi connectivity index (χ1v) is 5.92. The lowest BCUT2D eigenvalue weighted by molar-refractivity contribution is 0.600. The lowest BCUT2D eigenvalue weighted by Gasteiger charge is -1.95. The average Bonchev–Trinajstić information content (AvgIpc) is 2.48. The maximum absolute atomic E-state index is 12.2. The summed E-state index contributed by atoms with van der Waals surface area (Å²) < 4.78 is 5.41. The first kappa shape index (κ1) is 11.3. The molecule has 19 heavy (non-hydrogen) atoms. The summed E-state index contributed by atoms with van der Waals surface area (Å²) in [6.07, 6.45) is 1.42. The Kier molecular flexibility index (Phi) is 2.88. The molecule has 0 saturated heterocycles. The summed E-state index contributed by atoms with van der Waals surface area (Å²) in [5, 5.41) is 0.558. The molecule has 0 atom stereocenters. The number of hydrogen-bond acceptors (Lipinski definition) is 2. The fourth-order valence-electron chi connectivity index (χ4n) is 1.83. The largest absolute Gasteiger partial charge is 0.463 e. The van der Waals surface area contributed by atoms with Crippen molar-refractivity contribution < 1.29 is 4.42 Å². The molecule has 0 aliphatic carbocycles. The van der Waals surface area contributed by atoms with Crippen molar-refractivity contribution in [2.75, 3.05) is 0 Å². The summed E-state index contributed by atoms with van der Waals surface area (Å²) in [4.78, 5) is 12.2. The van der Waals surface area contributed by atoms with Crippen LogP contribution in [0, 0.1) is 11.8 Å². The number of benzene rings is 2. The van der Waals surface area contributed by atoms with Gasteiger partial charge >= 0.3 is 0 Å². The first-order chi connectivity index (χ1) is 9.34. The molecule has 0 aliphatic rings. The molecule has 2 aromatic carbocycles. The minimum Gasteiger partial charge on any atom is -0.463 e. The zero-order valence-electron chi connectivity index (χ0n) is 10.1. The summed E-state index contributed by atoms with van der Waals surface area (Å²) in [5.74, 6) is 5.82. The number of hydrogen-bond donors (Lipinski definition) is 0. The van der Waals surface area contributed by atoms with Crippen molar-refractivity contribution in [1.29, 1.82) is 0 Å². The van der Waals surface area contributed by atoms with Gasteiger partial charge in [0.25, 0.3) is 0 Å². The number of rotatable bonds is 0. The normalized spacial score (nSPS) is 9.89. The molecule has 0 spiro atoms. The van der Waals surface area contributed by atoms with E-state index in [9.17, 15) is 4.79 Å². The molecule has 2 heteroatoms. The summed E-state index contributed by atoms with van der Waals surface area (Å²) >= 11 is 0. The van der Waals surface area contributed by atoms with Gasteiger partial charge in [0.05, 0.1) is 5.39 Å². The second-order valence-electron chi connectivity index (χ2n) is 4.09. The van der Waals surface area contributed by atoms with Crippen LogP contribution in [0.1, 0.15) is 11.1 Å². The van der Waals surface area contributed by atoms with Crippen molar-refractivity contribution in [1.82, 2.24) is 0 Å². The summed E-state index contributed by atoms with van der Waals surface area (Å²) in [7, 11) is 0. The average molecular weight is 246 g/mol. The molecule has 0 N–H and O–H groups in total. The summed E-state index contributed by atoms with van der Waals surface area (Å²) in [6.45, 7) is 0. The first-order valence-electron chi connectivity index (χ1n) is 5.92. The van der Waals surface area contributed by atoms with Crippen molar-refractivity contribution in [2.24, 2.45) is 0 Å². The topological polar surface area (TPSA) is 30.2 Å². The molecular formula is C17H10O2. The molecule has 1 aromatic heterocycles. The van der Waals surface area contributed by atoms with Gasteiger partial charge in [0, 0.05) is 5.56 Å². The van der Waals surface area contributed by atoms with Crippen LogP contribution in [0.25, 0.3) is 11.0 Å². The van der Waals surface area contributed by atoms with Crippen LogP contribution >= 0.6 is 0 Å². The molecule has 0 fully saturated rings. The Morgan fingerprint density at radius 3 is 2.42 bits per heavy atom. The van der Waals surface area contributed by atoms with Crippen LogP contribution in [0.2, 0.25) is 0 Å². The van der Waals surface area contributed by atoms with E-state index in [1.165, 1.54) is 6.26 Å². The Morgan fingerprint density at radius 1 is 0.842 bits per heavy atom. The Balaban J connectivity index is 2.10. The van der Waals surface area contributed by atoms with Gasteiger partial charge in [0.1, 0.15) is 17.4 Å². The highest BCUT2D eigenvalue weighted by Gasteiger charge is 2.03. The lowest BCUT2D eigenvalue weighted by atomic mass is 10.1. The molecule has 2 nitrogen and oxygen atoms in total.